The number of likely N-dealkylation sites (N-methyl/N-ethyl adjacent to an activating group) is 1. The maximum atomic E-state index is 11.8. The fourth-order valence-corrected chi connectivity index (χ4v) is 3.16. The van der Waals surface area contributed by atoms with E-state index in [1.807, 2.05) is 13.0 Å². The Balaban J connectivity index is 2.91. The molecule has 0 aliphatic carbocycles. The number of hydrogen-bond donors (Lipinski definition) is 2. The molecule has 0 radical (unpaired) electrons. The largest absolute Gasteiger partial charge is 0.354 e. The van der Waals surface area contributed by atoms with Gasteiger partial charge >= 0.3 is 0 Å². The number of benzene rings is 1. The third-order valence-electron chi connectivity index (χ3n) is 3.96. The highest BCUT2D eigenvalue weighted by Gasteiger charge is 2.11. The Kier molecular flexibility index (Phi) is 8.08. The fraction of sp³-hybridized carbons (Fsp3) is 0.556. The molecule has 8 heteroatoms. The van der Waals surface area contributed by atoms with Crippen molar-refractivity contribution in [2.24, 2.45) is 4.99 Å². The Hall–Kier alpha value is -2.09. The number of aryl methyl sites for hydroxylation is 1. The number of nitrogens with zero attached hydrogens (tertiary/aromatic N) is 2. The molecule has 1 atom stereocenters. The van der Waals surface area contributed by atoms with Crippen LogP contribution in [0, 0.1) is 6.92 Å². The van der Waals surface area contributed by atoms with E-state index in [4.69, 9.17) is 0 Å². The quantitative estimate of drug-likeness (QED) is 0.548. The summed E-state index contributed by atoms with van der Waals surface area (Å²) in [6.45, 7) is 6.41. The molecule has 1 rings (SSSR count). The third-order valence-corrected chi connectivity index (χ3v) is 5.22. The van der Waals surface area contributed by atoms with Gasteiger partial charge in [-0.25, -0.2) is 13.4 Å². The van der Waals surface area contributed by atoms with E-state index >= 15 is 0 Å². The lowest BCUT2D eigenvalue weighted by Gasteiger charge is -2.18. The molecule has 1 amide bonds. The van der Waals surface area contributed by atoms with E-state index in [2.05, 4.69) is 22.5 Å². The predicted octanol–water partition coefficient (Wildman–Crippen LogP) is 1.32. The number of hydrogen-bond acceptors (Lipinski definition) is 4. The van der Waals surface area contributed by atoms with Crippen molar-refractivity contribution in [3.8, 4) is 0 Å². The monoisotopic (exact) mass is 382 g/mol. The maximum absolute atomic E-state index is 11.8. The van der Waals surface area contributed by atoms with Crippen LogP contribution in [0.15, 0.2) is 28.1 Å². The highest BCUT2D eigenvalue weighted by Crippen LogP contribution is 2.17. The van der Waals surface area contributed by atoms with Crippen molar-refractivity contribution in [2.75, 3.05) is 26.9 Å². The van der Waals surface area contributed by atoms with Gasteiger partial charge in [-0.05, 0) is 37.5 Å². The average Bonchev–Trinajstić information content (AvgIpc) is 2.55. The van der Waals surface area contributed by atoms with Crippen molar-refractivity contribution in [2.45, 2.75) is 44.7 Å². The molecule has 0 bridgehead atoms. The van der Waals surface area contributed by atoms with Crippen LogP contribution in [0.1, 0.15) is 31.4 Å². The molecule has 0 saturated heterocycles. The van der Waals surface area contributed by atoms with Crippen molar-refractivity contribution in [3.05, 3.63) is 29.3 Å². The van der Waals surface area contributed by atoms with Crippen molar-refractivity contribution in [3.63, 3.8) is 0 Å². The van der Waals surface area contributed by atoms with Crippen molar-refractivity contribution in [1.29, 1.82) is 0 Å². The number of aliphatic imine (C=N–C) groups is 1. The highest BCUT2D eigenvalue weighted by atomic mass is 32.2. The van der Waals surface area contributed by atoms with Gasteiger partial charge in [0.1, 0.15) is 0 Å². The van der Waals surface area contributed by atoms with Crippen LogP contribution < -0.4 is 10.6 Å². The molecule has 0 aromatic heterocycles. The van der Waals surface area contributed by atoms with E-state index in [1.165, 1.54) is 11.2 Å². The lowest BCUT2D eigenvalue weighted by atomic mass is 10.1. The van der Waals surface area contributed by atoms with Crippen molar-refractivity contribution in [1.82, 2.24) is 15.5 Å². The number of carbonyl (C=O) groups is 1. The van der Waals surface area contributed by atoms with Gasteiger partial charge in [0.15, 0.2) is 15.8 Å². The maximum Gasteiger partial charge on any atom is 0.241 e. The Bertz CT molecular complexity index is 758. The highest BCUT2D eigenvalue weighted by molar-refractivity contribution is 7.90. The molecular weight excluding hydrogens is 352 g/mol. The van der Waals surface area contributed by atoms with Gasteiger partial charge in [-0.2, -0.15) is 0 Å². The first-order valence-corrected chi connectivity index (χ1v) is 10.5. The smallest absolute Gasteiger partial charge is 0.241 e. The van der Waals surface area contributed by atoms with Crippen LogP contribution >= 0.6 is 0 Å². The van der Waals surface area contributed by atoms with Crippen LogP contribution in [0.5, 0.6) is 0 Å². The number of rotatable bonds is 7. The summed E-state index contributed by atoms with van der Waals surface area (Å²) >= 11 is 0. The van der Waals surface area contributed by atoms with E-state index < -0.39 is 9.84 Å². The predicted molar refractivity (Wildman–Crippen MR) is 105 cm³/mol. The van der Waals surface area contributed by atoms with Gasteiger partial charge in [0, 0.05) is 26.4 Å². The molecule has 1 aromatic carbocycles. The zero-order valence-electron chi connectivity index (χ0n) is 16.5. The Morgan fingerprint density at radius 3 is 2.46 bits per heavy atom. The SMILES string of the molecule is CCC(C)NC(=NCc1ccc(S(C)(=O)=O)c(C)c1)NCC(=O)N(C)C. The molecule has 1 aromatic rings. The minimum absolute atomic E-state index is 0.0444. The zero-order valence-corrected chi connectivity index (χ0v) is 17.3. The molecule has 0 saturated carbocycles. The van der Waals surface area contributed by atoms with Crippen LogP contribution in [0.25, 0.3) is 0 Å². The molecule has 0 heterocycles. The number of sulfone groups is 1. The van der Waals surface area contributed by atoms with Gasteiger partial charge in [0.25, 0.3) is 0 Å². The van der Waals surface area contributed by atoms with Gasteiger partial charge in [-0.1, -0.05) is 19.1 Å². The molecular formula is C18H30N4O3S. The second-order valence-corrected chi connectivity index (χ2v) is 8.62. The number of carbonyl (C=O) groups excluding carboxylic acids is 1. The van der Waals surface area contributed by atoms with Gasteiger partial charge < -0.3 is 15.5 Å². The fourth-order valence-electron chi connectivity index (χ4n) is 2.20. The Morgan fingerprint density at radius 1 is 1.31 bits per heavy atom. The van der Waals surface area contributed by atoms with Crippen LogP contribution in [0.3, 0.4) is 0 Å². The Labute approximate surface area is 156 Å². The summed E-state index contributed by atoms with van der Waals surface area (Å²) in [6.07, 6.45) is 2.12. The summed E-state index contributed by atoms with van der Waals surface area (Å²) in [5.74, 6) is 0.511. The third kappa shape index (κ3) is 7.03. The topological polar surface area (TPSA) is 90.9 Å². The first-order valence-electron chi connectivity index (χ1n) is 8.59. The van der Waals surface area contributed by atoms with Crippen molar-refractivity contribution >= 4 is 21.7 Å². The van der Waals surface area contributed by atoms with Gasteiger partial charge in [0.05, 0.1) is 18.0 Å². The summed E-state index contributed by atoms with van der Waals surface area (Å²) < 4.78 is 23.4. The van der Waals surface area contributed by atoms with E-state index in [9.17, 15) is 13.2 Å². The minimum atomic E-state index is -3.23. The molecule has 26 heavy (non-hydrogen) atoms. The van der Waals surface area contributed by atoms with Crippen LogP contribution in [-0.4, -0.2) is 58.1 Å². The molecule has 0 aliphatic heterocycles. The van der Waals surface area contributed by atoms with Crippen LogP contribution in [0.2, 0.25) is 0 Å². The van der Waals surface area contributed by atoms with E-state index in [0.29, 0.717) is 23.0 Å². The standard InChI is InChI=1S/C18H30N4O3S/c1-7-14(3)21-18(20-12-17(23)22(4)5)19-11-15-8-9-16(13(2)10-15)26(6,24)25/h8-10,14H,7,11-12H2,1-6H3,(H2,19,20,21). The summed E-state index contributed by atoms with van der Waals surface area (Å²) in [5.41, 5.74) is 1.60. The lowest BCUT2D eigenvalue weighted by molar-refractivity contribution is -0.127. The summed E-state index contributed by atoms with van der Waals surface area (Å²) in [4.78, 5) is 18.1. The van der Waals surface area contributed by atoms with Gasteiger partial charge in [0.2, 0.25) is 5.91 Å². The van der Waals surface area contributed by atoms with Crippen LogP contribution in [-0.2, 0) is 21.2 Å². The molecule has 0 aliphatic rings. The molecule has 0 spiro atoms. The molecule has 2 N–H and O–H groups in total. The average molecular weight is 383 g/mol. The Morgan fingerprint density at radius 2 is 1.96 bits per heavy atom. The van der Waals surface area contributed by atoms with Crippen molar-refractivity contribution < 1.29 is 13.2 Å². The molecule has 0 fully saturated rings. The minimum Gasteiger partial charge on any atom is -0.354 e. The zero-order chi connectivity index (χ0) is 19.9. The second kappa shape index (κ2) is 9.56. The van der Waals surface area contributed by atoms with Crippen LogP contribution in [0.4, 0.5) is 0 Å². The molecule has 7 nitrogen and oxygen atoms in total. The first kappa shape index (κ1) is 22.0. The lowest BCUT2D eigenvalue weighted by Crippen LogP contribution is -2.45. The summed E-state index contributed by atoms with van der Waals surface area (Å²) in [7, 11) is 0.177. The normalized spacial score (nSPS) is 13.2. The summed E-state index contributed by atoms with van der Waals surface area (Å²) in [5, 5.41) is 6.29. The van der Waals surface area contributed by atoms with Gasteiger partial charge in [-0.3, -0.25) is 4.79 Å². The number of nitrogens with one attached hydrogen (secondary N) is 2. The summed E-state index contributed by atoms with van der Waals surface area (Å²) in [6, 6.07) is 5.41. The number of guanidine groups is 1. The molecule has 146 valence electrons. The van der Waals surface area contributed by atoms with E-state index in [0.717, 1.165) is 12.0 Å². The number of amides is 1. The molecule has 1 unspecified atom stereocenters. The van der Waals surface area contributed by atoms with Gasteiger partial charge in [-0.15, -0.1) is 0 Å². The second-order valence-electron chi connectivity index (χ2n) is 6.63. The van der Waals surface area contributed by atoms with E-state index in [1.54, 1.807) is 33.2 Å². The first-order chi connectivity index (χ1) is 12.0. The van der Waals surface area contributed by atoms with E-state index in [-0.39, 0.29) is 18.5 Å².